The highest BCUT2D eigenvalue weighted by atomic mass is 16.4. The Morgan fingerprint density at radius 1 is 1.25 bits per heavy atom. The molecule has 2 aliphatic rings. The molecule has 6 nitrogen and oxygen atoms in total. The van der Waals surface area contributed by atoms with Crippen LogP contribution in [0.1, 0.15) is 64.7 Å². The van der Waals surface area contributed by atoms with E-state index in [0.29, 0.717) is 37.0 Å². The largest absolute Gasteiger partial charge is 0.424 e. The quantitative estimate of drug-likeness (QED) is 0.859. The Morgan fingerprint density at radius 2 is 2.00 bits per heavy atom. The lowest BCUT2D eigenvalue weighted by atomic mass is 9.79. The summed E-state index contributed by atoms with van der Waals surface area (Å²) in [5.41, 5.74) is -0.628. The summed E-state index contributed by atoms with van der Waals surface area (Å²) in [6.45, 7) is 9.91. The monoisotopic (exact) mass is 336 g/mol. The number of aliphatic hydroxyl groups is 1. The summed E-state index contributed by atoms with van der Waals surface area (Å²) < 4.78 is 5.69. The van der Waals surface area contributed by atoms with Crippen molar-refractivity contribution in [1.82, 2.24) is 20.0 Å². The van der Waals surface area contributed by atoms with Gasteiger partial charge in [0.1, 0.15) is 0 Å². The molecular weight excluding hydrogens is 304 g/mol. The zero-order chi connectivity index (χ0) is 17.2. The van der Waals surface area contributed by atoms with Crippen LogP contribution in [0.5, 0.6) is 0 Å². The van der Waals surface area contributed by atoms with E-state index in [1.807, 2.05) is 6.92 Å². The average molecular weight is 336 g/mol. The zero-order valence-electron chi connectivity index (χ0n) is 15.4. The molecule has 6 heteroatoms. The van der Waals surface area contributed by atoms with E-state index in [9.17, 15) is 5.11 Å². The molecule has 0 bridgehead atoms. The molecule has 24 heavy (non-hydrogen) atoms. The Morgan fingerprint density at radius 3 is 2.71 bits per heavy atom. The van der Waals surface area contributed by atoms with E-state index in [0.717, 1.165) is 38.8 Å². The molecule has 136 valence electrons. The van der Waals surface area contributed by atoms with Gasteiger partial charge < -0.3 is 9.52 Å². The number of fused-ring (bicyclic) bond motifs is 1. The van der Waals surface area contributed by atoms with Crippen molar-refractivity contribution in [2.75, 3.05) is 19.6 Å². The van der Waals surface area contributed by atoms with Gasteiger partial charge in [-0.25, -0.2) is 0 Å². The summed E-state index contributed by atoms with van der Waals surface area (Å²) in [5, 5.41) is 19.7. The van der Waals surface area contributed by atoms with Gasteiger partial charge in [-0.2, -0.15) is 0 Å². The van der Waals surface area contributed by atoms with E-state index in [1.54, 1.807) is 0 Å². The first kappa shape index (κ1) is 17.8. The Balaban J connectivity index is 1.71. The van der Waals surface area contributed by atoms with Crippen LogP contribution in [-0.4, -0.2) is 62.4 Å². The minimum Gasteiger partial charge on any atom is -0.424 e. The third kappa shape index (κ3) is 3.81. The number of aromatic nitrogens is 2. The van der Waals surface area contributed by atoms with Gasteiger partial charge in [0.15, 0.2) is 0 Å². The van der Waals surface area contributed by atoms with Gasteiger partial charge in [-0.05, 0) is 52.6 Å². The molecule has 0 saturated carbocycles. The fourth-order valence-corrected chi connectivity index (χ4v) is 4.25. The molecule has 2 aliphatic heterocycles. The molecule has 3 heterocycles. The Bertz CT molecular complexity index is 531. The molecule has 2 atom stereocenters. The van der Waals surface area contributed by atoms with Crippen LogP contribution in [0, 0.1) is 0 Å². The molecule has 0 amide bonds. The standard InChI is InChI=1S/C18H32N4O2/c1-4-16-19-20-17(24-16)12-22(14(2)3)13-18(23)9-7-11-21-10-6-5-8-15(18)21/h14-15,23H,4-13H2,1-3H3/t15-,18-/m1/s1. The van der Waals surface area contributed by atoms with Gasteiger partial charge >= 0.3 is 0 Å². The van der Waals surface area contributed by atoms with Crippen molar-refractivity contribution >= 4 is 0 Å². The summed E-state index contributed by atoms with van der Waals surface area (Å²) >= 11 is 0. The molecule has 0 radical (unpaired) electrons. The molecule has 1 N–H and O–H groups in total. The molecule has 1 aromatic rings. The number of piperidine rings is 2. The first-order chi connectivity index (χ1) is 11.5. The van der Waals surface area contributed by atoms with Crippen molar-refractivity contribution in [3.8, 4) is 0 Å². The molecule has 2 saturated heterocycles. The van der Waals surface area contributed by atoms with Crippen LogP contribution in [0.2, 0.25) is 0 Å². The van der Waals surface area contributed by atoms with Gasteiger partial charge in [0.05, 0.1) is 12.1 Å². The van der Waals surface area contributed by atoms with Crippen molar-refractivity contribution in [3.63, 3.8) is 0 Å². The van der Waals surface area contributed by atoms with Gasteiger partial charge in [-0.15, -0.1) is 10.2 Å². The predicted molar refractivity (Wildman–Crippen MR) is 92.6 cm³/mol. The second-order valence-corrected chi connectivity index (χ2v) is 7.70. The van der Waals surface area contributed by atoms with Crippen molar-refractivity contribution in [2.45, 2.75) is 83.5 Å². The minimum absolute atomic E-state index is 0.301. The number of hydrogen-bond acceptors (Lipinski definition) is 6. The lowest BCUT2D eigenvalue weighted by molar-refractivity contribution is -0.114. The summed E-state index contributed by atoms with van der Waals surface area (Å²) in [6.07, 6.45) is 6.34. The van der Waals surface area contributed by atoms with E-state index in [1.165, 1.54) is 12.8 Å². The van der Waals surface area contributed by atoms with Crippen LogP contribution in [0.3, 0.4) is 0 Å². The van der Waals surface area contributed by atoms with Crippen molar-refractivity contribution < 1.29 is 9.52 Å². The number of aryl methyl sites for hydroxylation is 1. The summed E-state index contributed by atoms with van der Waals surface area (Å²) in [6, 6.07) is 0.625. The molecule has 0 aliphatic carbocycles. The third-order valence-electron chi connectivity index (χ3n) is 5.65. The number of rotatable bonds is 6. The van der Waals surface area contributed by atoms with E-state index in [2.05, 4.69) is 33.8 Å². The fourth-order valence-electron chi connectivity index (χ4n) is 4.25. The maximum absolute atomic E-state index is 11.5. The first-order valence-electron chi connectivity index (χ1n) is 9.53. The lowest BCUT2D eigenvalue weighted by Gasteiger charge is -2.51. The smallest absolute Gasteiger partial charge is 0.230 e. The van der Waals surface area contributed by atoms with E-state index in [-0.39, 0.29) is 0 Å². The SMILES string of the molecule is CCc1nnc(CN(C[C@]2(O)CCCN3CCCC[C@@H]32)C(C)C)o1. The maximum Gasteiger partial charge on any atom is 0.230 e. The highest BCUT2D eigenvalue weighted by Crippen LogP contribution is 2.35. The Labute approximate surface area is 145 Å². The normalized spacial score (nSPS) is 28.5. The number of nitrogens with zero attached hydrogens (tertiary/aromatic N) is 4. The molecule has 0 spiro atoms. The molecule has 0 unspecified atom stereocenters. The minimum atomic E-state index is -0.628. The fraction of sp³-hybridized carbons (Fsp3) is 0.889. The van der Waals surface area contributed by atoms with Gasteiger partial charge in [-0.1, -0.05) is 13.3 Å². The predicted octanol–water partition coefficient (Wildman–Crippen LogP) is 2.22. The molecule has 2 fully saturated rings. The average Bonchev–Trinajstić information content (AvgIpc) is 3.02. The van der Waals surface area contributed by atoms with E-state index in [4.69, 9.17) is 4.42 Å². The van der Waals surface area contributed by atoms with Crippen LogP contribution < -0.4 is 0 Å². The van der Waals surface area contributed by atoms with Crippen LogP contribution >= 0.6 is 0 Å². The molecular formula is C18H32N4O2. The molecule has 0 aromatic carbocycles. The highest BCUT2D eigenvalue weighted by molar-refractivity contribution is 5.01. The topological polar surface area (TPSA) is 65.6 Å². The molecule has 1 aromatic heterocycles. The Hall–Kier alpha value is -0.980. The second-order valence-electron chi connectivity index (χ2n) is 7.70. The van der Waals surface area contributed by atoms with Crippen molar-refractivity contribution in [3.05, 3.63) is 11.8 Å². The van der Waals surface area contributed by atoms with Gasteiger partial charge in [0.25, 0.3) is 0 Å². The zero-order valence-corrected chi connectivity index (χ0v) is 15.4. The van der Waals surface area contributed by atoms with Gasteiger partial charge in [0, 0.05) is 25.0 Å². The summed E-state index contributed by atoms with van der Waals surface area (Å²) in [7, 11) is 0. The van der Waals surface area contributed by atoms with Crippen LogP contribution in [0.25, 0.3) is 0 Å². The number of hydrogen-bond donors (Lipinski definition) is 1. The van der Waals surface area contributed by atoms with Crippen LogP contribution in [-0.2, 0) is 13.0 Å². The molecule has 3 rings (SSSR count). The van der Waals surface area contributed by atoms with Crippen molar-refractivity contribution in [1.29, 1.82) is 0 Å². The summed E-state index contributed by atoms with van der Waals surface area (Å²) in [5.74, 6) is 1.34. The van der Waals surface area contributed by atoms with Gasteiger partial charge in [-0.3, -0.25) is 9.80 Å². The van der Waals surface area contributed by atoms with Gasteiger partial charge in [0.2, 0.25) is 11.8 Å². The second kappa shape index (κ2) is 7.50. The summed E-state index contributed by atoms with van der Waals surface area (Å²) in [4.78, 5) is 4.79. The Kier molecular flexibility index (Phi) is 5.57. The lowest BCUT2D eigenvalue weighted by Crippen LogP contribution is -2.63. The van der Waals surface area contributed by atoms with E-state index < -0.39 is 5.60 Å². The maximum atomic E-state index is 11.5. The van der Waals surface area contributed by atoms with Crippen molar-refractivity contribution in [2.24, 2.45) is 0 Å². The van der Waals surface area contributed by atoms with Crippen LogP contribution in [0.4, 0.5) is 0 Å². The first-order valence-corrected chi connectivity index (χ1v) is 9.53. The van der Waals surface area contributed by atoms with Crippen LogP contribution in [0.15, 0.2) is 4.42 Å². The van der Waals surface area contributed by atoms with E-state index >= 15 is 0 Å². The third-order valence-corrected chi connectivity index (χ3v) is 5.65. The highest BCUT2D eigenvalue weighted by Gasteiger charge is 2.45.